The summed E-state index contributed by atoms with van der Waals surface area (Å²) in [6.07, 6.45) is 4.29. The molecular formula is C31H32FN7O7S. The van der Waals surface area contributed by atoms with E-state index in [4.69, 9.17) is 0 Å². The van der Waals surface area contributed by atoms with Crippen molar-refractivity contribution in [3.8, 4) is 0 Å². The summed E-state index contributed by atoms with van der Waals surface area (Å²) in [5.74, 6) is -2.17. The van der Waals surface area contributed by atoms with Gasteiger partial charge < -0.3 is 9.80 Å². The van der Waals surface area contributed by atoms with Crippen LogP contribution in [0.1, 0.15) is 64.1 Å². The van der Waals surface area contributed by atoms with Crippen molar-refractivity contribution in [2.24, 2.45) is 0 Å². The number of nitrogens with one attached hydrogen (secondary N) is 1. The van der Waals surface area contributed by atoms with Crippen LogP contribution in [0, 0.1) is 0 Å². The second-order valence-corrected chi connectivity index (χ2v) is 13.1. The van der Waals surface area contributed by atoms with E-state index in [1.807, 2.05) is 4.90 Å². The standard InChI is InChI=1S/C31H32FN7O7S/c32-47(45,46)22-10-8-20(9-11-22)18-38-19-21(34-35-38)4-1-2-7-27(41)37-16-14-36(15-17-37)24-6-3-5-23-28(24)31(44)39(30(23)43)25-12-13-26(40)33-29(25)42/h3,5-6,8-11,19,25H,1-2,4,7,12-18H2,(H,33,40,42). The molecule has 0 spiro atoms. The number of carbonyl (C=O) groups is 5. The molecule has 2 saturated heterocycles. The first-order valence-electron chi connectivity index (χ1n) is 15.3. The third kappa shape index (κ3) is 6.77. The third-order valence-electron chi connectivity index (χ3n) is 8.63. The van der Waals surface area contributed by atoms with Crippen molar-refractivity contribution in [2.45, 2.75) is 56.0 Å². The van der Waals surface area contributed by atoms with Crippen LogP contribution in [0.15, 0.2) is 53.6 Å². The molecule has 0 radical (unpaired) electrons. The van der Waals surface area contributed by atoms with Crippen molar-refractivity contribution >= 4 is 45.4 Å². The highest BCUT2D eigenvalue weighted by Gasteiger charge is 2.46. The number of hydrogen-bond donors (Lipinski definition) is 1. The number of anilines is 1. The van der Waals surface area contributed by atoms with Crippen molar-refractivity contribution in [3.63, 3.8) is 0 Å². The van der Waals surface area contributed by atoms with E-state index in [-0.39, 0.29) is 29.9 Å². The number of halogens is 1. The second-order valence-electron chi connectivity index (χ2n) is 11.7. The van der Waals surface area contributed by atoms with Crippen LogP contribution in [0.5, 0.6) is 0 Å². The number of aryl methyl sites for hydroxylation is 1. The van der Waals surface area contributed by atoms with Crippen LogP contribution >= 0.6 is 0 Å². The van der Waals surface area contributed by atoms with Gasteiger partial charge in [0.2, 0.25) is 17.7 Å². The Hall–Kier alpha value is -4.99. The Bertz CT molecular complexity index is 1850. The lowest BCUT2D eigenvalue weighted by molar-refractivity contribution is -0.136. The summed E-state index contributed by atoms with van der Waals surface area (Å²) in [7, 11) is -4.75. The number of hydrogen-bond acceptors (Lipinski definition) is 10. The van der Waals surface area contributed by atoms with Gasteiger partial charge in [-0.3, -0.25) is 34.2 Å². The van der Waals surface area contributed by atoms with E-state index in [0.717, 1.165) is 22.6 Å². The van der Waals surface area contributed by atoms with Crippen molar-refractivity contribution in [1.29, 1.82) is 0 Å². The lowest BCUT2D eigenvalue weighted by Gasteiger charge is -2.37. The smallest absolute Gasteiger partial charge is 0.332 e. The van der Waals surface area contributed by atoms with Crippen molar-refractivity contribution in [2.75, 3.05) is 31.1 Å². The minimum absolute atomic E-state index is 0.0284. The van der Waals surface area contributed by atoms with Crippen LogP contribution in [0.4, 0.5) is 9.57 Å². The van der Waals surface area contributed by atoms with Crippen LogP contribution in [-0.2, 0) is 37.6 Å². The molecule has 0 bridgehead atoms. The fraction of sp³-hybridized carbons (Fsp3) is 0.387. The number of unbranched alkanes of at least 4 members (excludes halogenated alkanes) is 1. The molecule has 4 heterocycles. The Morgan fingerprint density at radius 2 is 1.70 bits per heavy atom. The maximum absolute atomic E-state index is 13.5. The summed E-state index contributed by atoms with van der Waals surface area (Å²) in [5, 5.41) is 10.5. The number of piperidine rings is 1. The summed E-state index contributed by atoms with van der Waals surface area (Å²) < 4.78 is 36.7. The fourth-order valence-electron chi connectivity index (χ4n) is 6.17. The van der Waals surface area contributed by atoms with Crippen LogP contribution in [0.3, 0.4) is 0 Å². The molecule has 6 rings (SSSR count). The van der Waals surface area contributed by atoms with E-state index in [1.54, 1.807) is 34.0 Å². The lowest BCUT2D eigenvalue weighted by atomic mass is 10.0. The van der Waals surface area contributed by atoms with E-state index in [0.29, 0.717) is 57.7 Å². The molecule has 1 unspecified atom stereocenters. The predicted octanol–water partition coefficient (Wildman–Crippen LogP) is 1.45. The van der Waals surface area contributed by atoms with Gasteiger partial charge in [-0.15, -0.1) is 8.98 Å². The zero-order chi connectivity index (χ0) is 33.3. The van der Waals surface area contributed by atoms with Crippen LogP contribution in [0.25, 0.3) is 0 Å². The monoisotopic (exact) mass is 665 g/mol. The number of aromatic nitrogens is 3. The fourth-order valence-corrected chi connectivity index (χ4v) is 6.63. The van der Waals surface area contributed by atoms with Crippen LogP contribution < -0.4 is 10.2 Å². The maximum atomic E-state index is 13.5. The van der Waals surface area contributed by atoms with Gasteiger partial charge in [-0.25, -0.2) is 4.68 Å². The summed E-state index contributed by atoms with van der Waals surface area (Å²) in [6.45, 7) is 2.19. The Morgan fingerprint density at radius 3 is 2.40 bits per heavy atom. The first-order chi connectivity index (χ1) is 22.5. The summed E-state index contributed by atoms with van der Waals surface area (Å²) >= 11 is 0. The highest BCUT2D eigenvalue weighted by atomic mass is 32.3. The molecule has 0 saturated carbocycles. The van der Waals surface area contributed by atoms with E-state index in [1.165, 1.54) is 24.3 Å². The van der Waals surface area contributed by atoms with E-state index < -0.39 is 44.8 Å². The number of rotatable bonds is 10. The van der Waals surface area contributed by atoms with Crippen molar-refractivity contribution in [3.05, 3.63) is 71.0 Å². The molecule has 3 aromatic rings. The van der Waals surface area contributed by atoms with Crippen molar-refractivity contribution < 1.29 is 36.3 Å². The quantitative estimate of drug-likeness (QED) is 0.190. The lowest BCUT2D eigenvalue weighted by Crippen LogP contribution is -2.54. The predicted molar refractivity (Wildman–Crippen MR) is 163 cm³/mol. The van der Waals surface area contributed by atoms with Gasteiger partial charge in [-0.05, 0) is 55.5 Å². The molecule has 5 amide bonds. The molecule has 1 N–H and O–H groups in total. The SMILES string of the molecule is O=C1CCC(N2C(=O)c3cccc(N4CCN(C(=O)CCCCc5cn(Cc6ccc(S(=O)(=O)F)cc6)nn5)CC4)c3C2=O)C(=O)N1. The summed E-state index contributed by atoms with van der Waals surface area (Å²) in [4.78, 5) is 67.9. The van der Waals surface area contributed by atoms with Crippen LogP contribution in [0.2, 0.25) is 0 Å². The number of piperazine rings is 1. The number of fused-ring (bicyclic) bond motifs is 1. The number of benzene rings is 2. The normalized spacial score (nSPS) is 18.5. The second kappa shape index (κ2) is 13.0. The number of carbonyl (C=O) groups excluding carboxylic acids is 5. The number of amides is 5. The van der Waals surface area contributed by atoms with Gasteiger partial charge in [0, 0.05) is 45.2 Å². The first kappa shape index (κ1) is 32.0. The van der Waals surface area contributed by atoms with Gasteiger partial charge in [0.25, 0.3) is 11.8 Å². The van der Waals surface area contributed by atoms with Gasteiger partial charge in [0.1, 0.15) is 6.04 Å². The Morgan fingerprint density at radius 1 is 0.957 bits per heavy atom. The Kier molecular flexibility index (Phi) is 8.86. The van der Waals surface area contributed by atoms with E-state index >= 15 is 0 Å². The molecule has 2 aromatic carbocycles. The molecule has 3 aliphatic heterocycles. The molecule has 47 heavy (non-hydrogen) atoms. The number of imide groups is 2. The van der Waals surface area contributed by atoms with Gasteiger partial charge in [-0.1, -0.05) is 23.4 Å². The average molecular weight is 666 g/mol. The van der Waals surface area contributed by atoms with Gasteiger partial charge >= 0.3 is 10.2 Å². The van der Waals surface area contributed by atoms with Gasteiger partial charge in [0.15, 0.2) is 0 Å². The topological polar surface area (TPSA) is 172 Å². The van der Waals surface area contributed by atoms with Gasteiger partial charge in [0.05, 0.1) is 33.9 Å². The Balaban J connectivity index is 0.967. The third-order valence-corrected chi connectivity index (χ3v) is 9.46. The molecule has 0 aliphatic carbocycles. The zero-order valence-corrected chi connectivity index (χ0v) is 26.1. The highest BCUT2D eigenvalue weighted by molar-refractivity contribution is 7.86. The highest BCUT2D eigenvalue weighted by Crippen LogP contribution is 2.34. The van der Waals surface area contributed by atoms with E-state index in [2.05, 4.69) is 15.6 Å². The Labute approximate surface area is 269 Å². The molecule has 3 aliphatic rings. The molecule has 16 heteroatoms. The maximum Gasteiger partial charge on any atom is 0.332 e. The number of nitrogens with zero attached hydrogens (tertiary/aromatic N) is 6. The molecule has 1 atom stereocenters. The molecular weight excluding hydrogens is 633 g/mol. The molecule has 1 aromatic heterocycles. The summed E-state index contributed by atoms with van der Waals surface area (Å²) in [5.41, 5.74) is 2.55. The molecule has 14 nitrogen and oxygen atoms in total. The molecule has 246 valence electrons. The van der Waals surface area contributed by atoms with E-state index in [9.17, 15) is 36.3 Å². The minimum atomic E-state index is -4.75. The van der Waals surface area contributed by atoms with Crippen molar-refractivity contribution in [1.82, 2.24) is 30.1 Å². The zero-order valence-electron chi connectivity index (χ0n) is 25.3. The van der Waals surface area contributed by atoms with Crippen LogP contribution in [-0.4, -0.2) is 95.0 Å². The minimum Gasteiger partial charge on any atom is -0.367 e. The largest absolute Gasteiger partial charge is 0.367 e. The molecule has 2 fully saturated rings. The summed E-state index contributed by atoms with van der Waals surface area (Å²) in [6, 6.07) is 9.43. The average Bonchev–Trinajstić information content (AvgIpc) is 3.60. The first-order valence-corrected chi connectivity index (χ1v) is 16.7. The van der Waals surface area contributed by atoms with Gasteiger partial charge in [-0.2, -0.15) is 8.42 Å².